The second-order valence-electron chi connectivity index (χ2n) is 5.45. The number of hydrogen-bond donors (Lipinski definition) is 0. The number of hydrogen-bond acceptors (Lipinski definition) is 3. The summed E-state index contributed by atoms with van der Waals surface area (Å²) in [7, 11) is 0. The molecule has 1 aromatic carbocycles. The molecule has 1 aliphatic heterocycles. The fourth-order valence-electron chi connectivity index (χ4n) is 2.67. The molecule has 1 saturated heterocycles. The molecule has 5 heteroatoms. The summed E-state index contributed by atoms with van der Waals surface area (Å²) in [5.41, 5.74) is 1.31. The average Bonchev–Trinajstić information content (AvgIpc) is 3.05. The van der Waals surface area contributed by atoms with Gasteiger partial charge < -0.3 is 9.32 Å². The summed E-state index contributed by atoms with van der Waals surface area (Å²) in [5.74, 6) is 1.26. The van der Waals surface area contributed by atoms with Crippen LogP contribution in [0.1, 0.15) is 21.9 Å². The Labute approximate surface area is 135 Å². The molecule has 0 unspecified atom stereocenters. The maximum absolute atomic E-state index is 12.4. The van der Waals surface area contributed by atoms with E-state index in [2.05, 4.69) is 29.2 Å². The monoisotopic (exact) mass is 318 g/mol. The van der Waals surface area contributed by atoms with Crippen LogP contribution in [0.15, 0.2) is 46.9 Å². The minimum absolute atomic E-state index is 0.0456. The van der Waals surface area contributed by atoms with Gasteiger partial charge in [0.25, 0.3) is 5.91 Å². The minimum atomic E-state index is -0.0456. The van der Waals surface area contributed by atoms with Gasteiger partial charge in [-0.2, -0.15) is 0 Å². The van der Waals surface area contributed by atoms with E-state index in [4.69, 9.17) is 16.0 Å². The average molecular weight is 319 g/mol. The highest BCUT2D eigenvalue weighted by atomic mass is 35.5. The number of piperazine rings is 1. The lowest BCUT2D eigenvalue weighted by atomic mass is 10.2. The standard InChI is InChI=1S/C17H19ClN2O2/c18-12-15-6-7-16(22-15)17(21)20-10-8-19(9-11-20)13-14-4-2-1-3-5-14/h1-7H,8-13H2. The van der Waals surface area contributed by atoms with Gasteiger partial charge in [0.1, 0.15) is 5.76 Å². The van der Waals surface area contributed by atoms with E-state index in [-0.39, 0.29) is 11.8 Å². The number of alkyl halides is 1. The first-order valence-corrected chi connectivity index (χ1v) is 8.00. The summed E-state index contributed by atoms with van der Waals surface area (Å²) in [6.07, 6.45) is 0. The van der Waals surface area contributed by atoms with Crippen molar-refractivity contribution >= 4 is 17.5 Å². The Hall–Kier alpha value is -1.78. The van der Waals surface area contributed by atoms with E-state index in [1.807, 2.05) is 11.0 Å². The van der Waals surface area contributed by atoms with Crippen LogP contribution in [0.4, 0.5) is 0 Å². The molecule has 0 spiro atoms. The smallest absolute Gasteiger partial charge is 0.289 e. The van der Waals surface area contributed by atoms with Crippen LogP contribution in [-0.4, -0.2) is 41.9 Å². The Morgan fingerprint density at radius 2 is 1.77 bits per heavy atom. The number of carbonyl (C=O) groups is 1. The number of furan rings is 1. The van der Waals surface area contributed by atoms with Crippen LogP contribution in [0.2, 0.25) is 0 Å². The van der Waals surface area contributed by atoms with Gasteiger partial charge in [-0.05, 0) is 17.7 Å². The van der Waals surface area contributed by atoms with E-state index in [9.17, 15) is 4.79 Å². The molecule has 3 rings (SSSR count). The topological polar surface area (TPSA) is 36.7 Å². The summed E-state index contributed by atoms with van der Waals surface area (Å²) in [5, 5.41) is 0. The zero-order chi connectivity index (χ0) is 15.4. The van der Waals surface area contributed by atoms with E-state index in [1.165, 1.54) is 5.56 Å². The van der Waals surface area contributed by atoms with Gasteiger partial charge in [-0.1, -0.05) is 30.3 Å². The number of nitrogens with zero attached hydrogens (tertiary/aromatic N) is 2. The van der Waals surface area contributed by atoms with Gasteiger partial charge in [0.15, 0.2) is 5.76 Å². The quantitative estimate of drug-likeness (QED) is 0.813. The maximum atomic E-state index is 12.4. The number of halogens is 1. The van der Waals surface area contributed by atoms with Crippen molar-refractivity contribution in [3.8, 4) is 0 Å². The molecule has 4 nitrogen and oxygen atoms in total. The number of benzene rings is 1. The third-order valence-corrected chi connectivity index (χ3v) is 4.18. The van der Waals surface area contributed by atoms with E-state index < -0.39 is 0 Å². The molecule has 0 saturated carbocycles. The molecule has 0 radical (unpaired) electrons. The molecule has 0 bridgehead atoms. The Balaban J connectivity index is 1.54. The van der Waals surface area contributed by atoms with E-state index in [0.717, 1.165) is 32.7 Å². The van der Waals surface area contributed by atoms with Crippen molar-refractivity contribution in [2.24, 2.45) is 0 Å². The lowest BCUT2D eigenvalue weighted by molar-refractivity contribution is 0.0596. The normalized spacial score (nSPS) is 16.0. The lowest BCUT2D eigenvalue weighted by Crippen LogP contribution is -2.48. The van der Waals surface area contributed by atoms with Crippen molar-refractivity contribution in [1.29, 1.82) is 0 Å². The molecule has 0 aliphatic carbocycles. The van der Waals surface area contributed by atoms with Crippen LogP contribution < -0.4 is 0 Å². The van der Waals surface area contributed by atoms with E-state index >= 15 is 0 Å². The van der Waals surface area contributed by atoms with Crippen molar-refractivity contribution in [3.63, 3.8) is 0 Å². The van der Waals surface area contributed by atoms with Crippen LogP contribution >= 0.6 is 11.6 Å². The predicted octanol–water partition coefficient (Wildman–Crippen LogP) is 2.98. The molecule has 22 heavy (non-hydrogen) atoms. The SMILES string of the molecule is O=C(c1ccc(CCl)o1)N1CCN(Cc2ccccc2)CC1. The first kappa shape index (κ1) is 15.1. The van der Waals surface area contributed by atoms with Crippen molar-refractivity contribution in [3.05, 3.63) is 59.5 Å². The first-order valence-electron chi connectivity index (χ1n) is 7.46. The number of amides is 1. The third kappa shape index (κ3) is 3.51. The Kier molecular flexibility index (Phi) is 4.80. The molecule has 116 valence electrons. The third-order valence-electron chi connectivity index (χ3n) is 3.91. The summed E-state index contributed by atoms with van der Waals surface area (Å²) < 4.78 is 5.43. The molecule has 0 atom stereocenters. The summed E-state index contributed by atoms with van der Waals surface area (Å²) >= 11 is 5.70. The Morgan fingerprint density at radius 3 is 2.41 bits per heavy atom. The van der Waals surface area contributed by atoms with Crippen LogP contribution in [-0.2, 0) is 12.4 Å². The van der Waals surface area contributed by atoms with Crippen molar-refractivity contribution < 1.29 is 9.21 Å². The summed E-state index contributed by atoms with van der Waals surface area (Å²) in [4.78, 5) is 16.6. The second-order valence-corrected chi connectivity index (χ2v) is 5.72. The Morgan fingerprint density at radius 1 is 1.05 bits per heavy atom. The Bertz CT molecular complexity index is 619. The highest BCUT2D eigenvalue weighted by Crippen LogP contribution is 2.15. The van der Waals surface area contributed by atoms with Crippen LogP contribution in [0.3, 0.4) is 0 Å². The summed E-state index contributed by atoms with van der Waals surface area (Å²) in [6, 6.07) is 13.9. The molecule has 1 amide bonds. The lowest BCUT2D eigenvalue weighted by Gasteiger charge is -2.34. The van der Waals surface area contributed by atoms with E-state index in [1.54, 1.807) is 12.1 Å². The van der Waals surface area contributed by atoms with Gasteiger partial charge in [0, 0.05) is 32.7 Å². The van der Waals surface area contributed by atoms with Gasteiger partial charge in [0.2, 0.25) is 0 Å². The molecule has 1 aromatic heterocycles. The van der Waals surface area contributed by atoms with Crippen molar-refractivity contribution in [1.82, 2.24) is 9.80 Å². The van der Waals surface area contributed by atoms with Gasteiger partial charge >= 0.3 is 0 Å². The maximum Gasteiger partial charge on any atom is 0.289 e. The van der Waals surface area contributed by atoms with Crippen LogP contribution in [0, 0.1) is 0 Å². The second kappa shape index (κ2) is 6.99. The molecule has 2 heterocycles. The molecular formula is C17H19ClN2O2. The fraction of sp³-hybridized carbons (Fsp3) is 0.353. The first-order chi connectivity index (χ1) is 10.8. The van der Waals surface area contributed by atoms with Crippen LogP contribution in [0.25, 0.3) is 0 Å². The largest absolute Gasteiger partial charge is 0.455 e. The van der Waals surface area contributed by atoms with Crippen molar-refractivity contribution in [2.75, 3.05) is 26.2 Å². The van der Waals surface area contributed by atoms with Gasteiger partial charge in [-0.3, -0.25) is 9.69 Å². The van der Waals surface area contributed by atoms with Gasteiger partial charge in [-0.15, -0.1) is 11.6 Å². The molecule has 0 N–H and O–H groups in total. The zero-order valence-corrected chi connectivity index (χ0v) is 13.1. The molecule has 1 fully saturated rings. The van der Waals surface area contributed by atoms with Gasteiger partial charge in [0.05, 0.1) is 5.88 Å². The highest BCUT2D eigenvalue weighted by Gasteiger charge is 2.24. The highest BCUT2D eigenvalue weighted by molar-refractivity contribution is 6.16. The molecular weight excluding hydrogens is 300 g/mol. The predicted molar refractivity (Wildman–Crippen MR) is 85.9 cm³/mol. The van der Waals surface area contributed by atoms with Gasteiger partial charge in [-0.25, -0.2) is 0 Å². The summed E-state index contributed by atoms with van der Waals surface area (Å²) in [6.45, 7) is 4.14. The zero-order valence-electron chi connectivity index (χ0n) is 12.4. The van der Waals surface area contributed by atoms with E-state index in [0.29, 0.717) is 11.5 Å². The minimum Gasteiger partial charge on any atom is -0.455 e. The van der Waals surface area contributed by atoms with Crippen LogP contribution in [0.5, 0.6) is 0 Å². The number of rotatable bonds is 4. The number of carbonyl (C=O) groups excluding carboxylic acids is 1. The fourth-order valence-corrected chi connectivity index (χ4v) is 2.81. The van der Waals surface area contributed by atoms with Crippen molar-refractivity contribution in [2.45, 2.75) is 12.4 Å². The molecule has 2 aromatic rings. The molecule has 1 aliphatic rings.